The van der Waals surface area contributed by atoms with E-state index in [-0.39, 0.29) is 0 Å². The minimum atomic E-state index is 0.646. The number of rotatable bonds is 10. The molecular formula is C22H31N5O2. The third kappa shape index (κ3) is 7.02. The Balaban J connectivity index is 1.31. The first-order valence-corrected chi connectivity index (χ1v) is 10.4. The monoisotopic (exact) mass is 397 g/mol. The van der Waals surface area contributed by atoms with Gasteiger partial charge in [0.1, 0.15) is 12.4 Å². The van der Waals surface area contributed by atoms with E-state index in [0.29, 0.717) is 6.61 Å². The summed E-state index contributed by atoms with van der Waals surface area (Å²) >= 11 is 0. The van der Waals surface area contributed by atoms with Crippen LogP contribution in [0.2, 0.25) is 0 Å². The van der Waals surface area contributed by atoms with Crippen molar-refractivity contribution in [3.8, 4) is 5.75 Å². The molecule has 0 amide bonds. The average molecular weight is 398 g/mol. The number of hydrogen-bond acceptors (Lipinski definition) is 7. The number of hydrogen-bond donors (Lipinski definition) is 0. The lowest BCUT2D eigenvalue weighted by Gasteiger charge is -2.35. The Labute approximate surface area is 173 Å². The third-order valence-corrected chi connectivity index (χ3v) is 4.82. The number of nitrogens with zero attached hydrogens (tertiary/aromatic N) is 5. The van der Waals surface area contributed by atoms with E-state index in [0.717, 1.165) is 75.0 Å². The van der Waals surface area contributed by atoms with Crippen molar-refractivity contribution < 1.29 is 9.57 Å². The van der Waals surface area contributed by atoms with Crippen LogP contribution in [0.4, 0.5) is 5.82 Å². The molecule has 1 aliphatic heterocycles. The van der Waals surface area contributed by atoms with E-state index in [4.69, 9.17) is 9.57 Å². The first kappa shape index (κ1) is 21.0. The number of aryl methyl sites for hydroxylation is 1. The van der Waals surface area contributed by atoms with Gasteiger partial charge in [-0.1, -0.05) is 12.1 Å². The maximum Gasteiger partial charge on any atom is 0.151 e. The van der Waals surface area contributed by atoms with Crippen LogP contribution in [0.5, 0.6) is 5.75 Å². The number of piperazine rings is 1. The Bertz CT molecular complexity index is 741. The fraction of sp³-hybridized carbons (Fsp3) is 0.500. The maximum absolute atomic E-state index is 5.87. The molecule has 2 heterocycles. The molecule has 0 bridgehead atoms. The van der Waals surface area contributed by atoms with E-state index in [9.17, 15) is 0 Å². The number of aromatic nitrogens is 2. The quantitative estimate of drug-likeness (QED) is 0.349. The number of ether oxygens (including phenoxy) is 1. The van der Waals surface area contributed by atoms with Crippen molar-refractivity contribution in [3.63, 3.8) is 0 Å². The van der Waals surface area contributed by atoms with Gasteiger partial charge in [-0.2, -0.15) is 5.10 Å². The molecular weight excluding hydrogens is 366 g/mol. The molecule has 7 nitrogen and oxygen atoms in total. The average Bonchev–Trinajstić information content (AvgIpc) is 2.76. The molecule has 0 aliphatic carbocycles. The fourth-order valence-electron chi connectivity index (χ4n) is 3.13. The largest absolute Gasteiger partial charge is 0.494 e. The van der Waals surface area contributed by atoms with Crippen LogP contribution >= 0.6 is 0 Å². The smallest absolute Gasteiger partial charge is 0.151 e. The first-order valence-electron chi connectivity index (χ1n) is 10.4. The van der Waals surface area contributed by atoms with Crippen LogP contribution in [0.15, 0.2) is 41.6 Å². The van der Waals surface area contributed by atoms with Gasteiger partial charge in [-0.05, 0) is 61.7 Å². The Kier molecular flexibility index (Phi) is 8.25. The lowest BCUT2D eigenvalue weighted by atomic mass is 10.2. The highest BCUT2D eigenvalue weighted by Crippen LogP contribution is 2.14. The second-order valence-electron chi connectivity index (χ2n) is 7.20. The van der Waals surface area contributed by atoms with E-state index < -0.39 is 0 Å². The van der Waals surface area contributed by atoms with Gasteiger partial charge in [0, 0.05) is 32.7 Å². The fourth-order valence-corrected chi connectivity index (χ4v) is 3.13. The zero-order chi connectivity index (χ0) is 20.3. The molecule has 0 unspecified atom stereocenters. The summed E-state index contributed by atoms with van der Waals surface area (Å²) in [5.74, 6) is 1.86. The first-order chi connectivity index (χ1) is 14.2. The number of anilines is 1. The van der Waals surface area contributed by atoms with Crippen molar-refractivity contribution in [1.82, 2.24) is 15.1 Å². The Morgan fingerprint density at radius 1 is 1.00 bits per heavy atom. The molecule has 0 radical (unpaired) electrons. The SMILES string of the molecule is CCCO/N=C/c1ccc(OCCCN2CCN(c3ccc(C)nn3)CC2)cc1. The molecule has 29 heavy (non-hydrogen) atoms. The lowest BCUT2D eigenvalue weighted by Crippen LogP contribution is -2.47. The number of benzene rings is 1. The summed E-state index contributed by atoms with van der Waals surface area (Å²) in [6.45, 7) is 10.5. The summed E-state index contributed by atoms with van der Waals surface area (Å²) < 4.78 is 5.87. The van der Waals surface area contributed by atoms with Gasteiger partial charge in [0.15, 0.2) is 5.82 Å². The van der Waals surface area contributed by atoms with Crippen molar-refractivity contribution >= 4 is 12.0 Å². The van der Waals surface area contributed by atoms with Crippen LogP contribution in [0.3, 0.4) is 0 Å². The third-order valence-electron chi connectivity index (χ3n) is 4.82. The molecule has 0 saturated carbocycles. The van der Waals surface area contributed by atoms with Gasteiger partial charge in [0.05, 0.1) is 18.5 Å². The van der Waals surface area contributed by atoms with Crippen LogP contribution in [0.25, 0.3) is 0 Å². The highest BCUT2D eigenvalue weighted by molar-refractivity contribution is 5.79. The Morgan fingerprint density at radius 3 is 2.48 bits per heavy atom. The zero-order valence-electron chi connectivity index (χ0n) is 17.5. The van der Waals surface area contributed by atoms with Crippen LogP contribution < -0.4 is 9.64 Å². The van der Waals surface area contributed by atoms with Crippen molar-refractivity contribution in [3.05, 3.63) is 47.7 Å². The minimum absolute atomic E-state index is 0.646. The van der Waals surface area contributed by atoms with E-state index in [1.54, 1.807) is 6.21 Å². The van der Waals surface area contributed by atoms with Crippen molar-refractivity contribution in [2.75, 3.05) is 50.8 Å². The number of oxime groups is 1. The van der Waals surface area contributed by atoms with Gasteiger partial charge >= 0.3 is 0 Å². The van der Waals surface area contributed by atoms with Gasteiger partial charge in [-0.25, -0.2) is 0 Å². The summed E-state index contributed by atoms with van der Waals surface area (Å²) in [5.41, 5.74) is 1.96. The van der Waals surface area contributed by atoms with Gasteiger partial charge in [0.2, 0.25) is 0 Å². The molecule has 7 heteroatoms. The molecule has 1 aromatic heterocycles. The molecule has 2 aromatic rings. The lowest BCUT2D eigenvalue weighted by molar-refractivity contribution is 0.146. The van der Waals surface area contributed by atoms with Gasteiger partial charge in [0.25, 0.3) is 0 Å². The van der Waals surface area contributed by atoms with Crippen LogP contribution in [-0.2, 0) is 4.84 Å². The molecule has 1 fully saturated rings. The van der Waals surface area contributed by atoms with Crippen molar-refractivity contribution in [2.24, 2.45) is 5.16 Å². The molecule has 0 spiro atoms. The van der Waals surface area contributed by atoms with Gasteiger partial charge in [-0.3, -0.25) is 4.90 Å². The maximum atomic E-state index is 5.87. The molecule has 1 aliphatic rings. The summed E-state index contributed by atoms with van der Waals surface area (Å²) in [6, 6.07) is 12.0. The highest BCUT2D eigenvalue weighted by Gasteiger charge is 2.17. The molecule has 156 valence electrons. The van der Waals surface area contributed by atoms with Crippen LogP contribution in [-0.4, -0.2) is 67.2 Å². The topological polar surface area (TPSA) is 63.1 Å². The molecule has 1 saturated heterocycles. The zero-order valence-corrected chi connectivity index (χ0v) is 17.5. The van der Waals surface area contributed by atoms with Crippen molar-refractivity contribution in [1.29, 1.82) is 0 Å². The minimum Gasteiger partial charge on any atom is -0.494 e. The second kappa shape index (κ2) is 11.4. The normalized spacial score (nSPS) is 15.0. The highest BCUT2D eigenvalue weighted by atomic mass is 16.6. The molecule has 3 rings (SSSR count). The standard InChI is InChI=1S/C22H31N5O2/c1-3-16-29-23-18-20-6-8-21(9-7-20)28-17-4-11-26-12-14-27(15-13-26)22-10-5-19(2)24-25-22/h5-10,18H,3-4,11-17H2,1-2H3/b23-18+. The summed E-state index contributed by atoms with van der Waals surface area (Å²) in [5, 5.41) is 12.4. The van der Waals surface area contributed by atoms with E-state index in [2.05, 4.69) is 38.1 Å². The van der Waals surface area contributed by atoms with E-state index in [1.165, 1.54) is 0 Å². The van der Waals surface area contributed by atoms with Crippen LogP contribution in [0.1, 0.15) is 31.0 Å². The summed E-state index contributed by atoms with van der Waals surface area (Å²) in [4.78, 5) is 9.90. The predicted octanol–water partition coefficient (Wildman–Crippen LogP) is 3.14. The van der Waals surface area contributed by atoms with Crippen LogP contribution in [0, 0.1) is 6.92 Å². The summed E-state index contributed by atoms with van der Waals surface area (Å²) in [7, 11) is 0. The molecule has 0 atom stereocenters. The van der Waals surface area contributed by atoms with Gasteiger partial charge < -0.3 is 14.5 Å². The van der Waals surface area contributed by atoms with Gasteiger partial charge in [-0.15, -0.1) is 5.10 Å². The van der Waals surface area contributed by atoms with E-state index in [1.807, 2.05) is 37.3 Å². The summed E-state index contributed by atoms with van der Waals surface area (Å²) in [6.07, 6.45) is 3.70. The second-order valence-corrected chi connectivity index (χ2v) is 7.20. The predicted molar refractivity (Wildman–Crippen MR) is 116 cm³/mol. The Hall–Kier alpha value is -2.67. The molecule has 0 N–H and O–H groups in total. The Morgan fingerprint density at radius 2 is 1.79 bits per heavy atom. The molecule has 1 aromatic carbocycles. The van der Waals surface area contributed by atoms with E-state index >= 15 is 0 Å². The van der Waals surface area contributed by atoms with Crippen molar-refractivity contribution in [2.45, 2.75) is 26.7 Å².